The maximum Gasteiger partial charge on any atom is 0.233 e. The maximum absolute atomic E-state index is 11.8. The Morgan fingerprint density at radius 3 is 2.76 bits per heavy atom. The summed E-state index contributed by atoms with van der Waals surface area (Å²) in [6, 6.07) is 8.22. The SMILES string of the molecule is COc1ccc(C2CCCN2C(=O)CBr)cc1. The normalized spacial score (nSPS) is 19.4. The molecule has 1 aliphatic rings. The topological polar surface area (TPSA) is 29.5 Å². The third kappa shape index (κ3) is 2.63. The van der Waals surface area contributed by atoms with E-state index < -0.39 is 0 Å². The quantitative estimate of drug-likeness (QED) is 0.803. The molecule has 92 valence electrons. The molecule has 0 saturated carbocycles. The van der Waals surface area contributed by atoms with Crippen molar-refractivity contribution >= 4 is 21.8 Å². The van der Waals surface area contributed by atoms with Crippen molar-refractivity contribution in [2.45, 2.75) is 18.9 Å². The molecule has 1 unspecified atom stereocenters. The smallest absolute Gasteiger partial charge is 0.233 e. The molecule has 1 atom stereocenters. The van der Waals surface area contributed by atoms with Gasteiger partial charge in [0.25, 0.3) is 0 Å². The van der Waals surface area contributed by atoms with Gasteiger partial charge in [-0.2, -0.15) is 0 Å². The zero-order valence-corrected chi connectivity index (χ0v) is 11.4. The fraction of sp³-hybridized carbons (Fsp3) is 0.462. The van der Waals surface area contributed by atoms with Gasteiger partial charge >= 0.3 is 0 Å². The van der Waals surface area contributed by atoms with E-state index in [1.165, 1.54) is 5.56 Å². The Hall–Kier alpha value is -1.03. The molecule has 0 spiro atoms. The number of amides is 1. The number of carbonyl (C=O) groups excluding carboxylic acids is 1. The van der Waals surface area contributed by atoms with Crippen LogP contribution in [0.2, 0.25) is 0 Å². The molecular formula is C13H16BrNO2. The molecule has 17 heavy (non-hydrogen) atoms. The molecule has 4 heteroatoms. The lowest BCUT2D eigenvalue weighted by molar-refractivity contribution is -0.129. The molecule has 1 saturated heterocycles. The largest absolute Gasteiger partial charge is 0.497 e. The monoisotopic (exact) mass is 297 g/mol. The van der Waals surface area contributed by atoms with Gasteiger partial charge in [0.2, 0.25) is 5.91 Å². The second-order valence-corrected chi connectivity index (χ2v) is 4.71. The Morgan fingerprint density at radius 1 is 1.47 bits per heavy atom. The molecule has 1 heterocycles. The molecule has 1 aromatic rings. The van der Waals surface area contributed by atoms with Crippen molar-refractivity contribution in [3.63, 3.8) is 0 Å². The lowest BCUT2D eigenvalue weighted by atomic mass is 10.0. The minimum Gasteiger partial charge on any atom is -0.497 e. The van der Waals surface area contributed by atoms with Gasteiger partial charge in [-0.05, 0) is 30.5 Å². The Labute approximate surface area is 110 Å². The molecule has 0 N–H and O–H groups in total. The van der Waals surface area contributed by atoms with Gasteiger partial charge in [-0.3, -0.25) is 4.79 Å². The number of ether oxygens (including phenoxy) is 1. The van der Waals surface area contributed by atoms with Crippen LogP contribution in [-0.2, 0) is 4.79 Å². The summed E-state index contributed by atoms with van der Waals surface area (Å²) in [6.45, 7) is 0.862. The minimum atomic E-state index is 0.170. The summed E-state index contributed by atoms with van der Waals surface area (Å²) >= 11 is 3.24. The third-order valence-electron chi connectivity index (χ3n) is 3.19. The average molecular weight is 298 g/mol. The Bertz CT molecular complexity index is 391. The van der Waals surface area contributed by atoms with Crippen molar-refractivity contribution < 1.29 is 9.53 Å². The first-order chi connectivity index (χ1) is 8.26. The highest BCUT2D eigenvalue weighted by Crippen LogP contribution is 2.32. The number of hydrogen-bond acceptors (Lipinski definition) is 2. The van der Waals surface area contributed by atoms with Crippen molar-refractivity contribution in [3.05, 3.63) is 29.8 Å². The van der Waals surface area contributed by atoms with Crippen LogP contribution in [0.1, 0.15) is 24.4 Å². The van der Waals surface area contributed by atoms with Crippen LogP contribution in [0, 0.1) is 0 Å². The zero-order chi connectivity index (χ0) is 12.3. The number of carbonyl (C=O) groups is 1. The van der Waals surface area contributed by atoms with Crippen molar-refractivity contribution in [2.24, 2.45) is 0 Å². The molecule has 1 fully saturated rings. The predicted octanol–water partition coefficient (Wildman–Crippen LogP) is 2.75. The molecule has 3 nitrogen and oxygen atoms in total. The summed E-state index contributed by atoms with van der Waals surface area (Å²) in [4.78, 5) is 13.7. The summed E-state index contributed by atoms with van der Waals surface area (Å²) in [5, 5.41) is 0.402. The molecule has 0 bridgehead atoms. The van der Waals surface area contributed by atoms with E-state index in [0.717, 1.165) is 25.1 Å². The number of likely N-dealkylation sites (tertiary alicyclic amines) is 1. The van der Waals surface area contributed by atoms with Crippen molar-refractivity contribution in [1.29, 1.82) is 0 Å². The van der Waals surface area contributed by atoms with Gasteiger partial charge in [0.15, 0.2) is 0 Å². The van der Waals surface area contributed by atoms with Crippen LogP contribution >= 0.6 is 15.9 Å². The summed E-state index contributed by atoms with van der Waals surface area (Å²) in [6.07, 6.45) is 2.13. The van der Waals surface area contributed by atoms with E-state index in [2.05, 4.69) is 15.9 Å². The zero-order valence-electron chi connectivity index (χ0n) is 9.86. The van der Waals surface area contributed by atoms with Crippen LogP contribution in [0.3, 0.4) is 0 Å². The highest BCUT2D eigenvalue weighted by Gasteiger charge is 2.28. The first-order valence-corrected chi connectivity index (χ1v) is 6.88. The van der Waals surface area contributed by atoms with Crippen LogP contribution in [0.25, 0.3) is 0 Å². The van der Waals surface area contributed by atoms with Gasteiger partial charge in [-0.15, -0.1) is 0 Å². The van der Waals surface area contributed by atoms with Crippen LogP contribution in [-0.4, -0.2) is 29.8 Å². The van der Waals surface area contributed by atoms with E-state index in [-0.39, 0.29) is 11.9 Å². The second-order valence-electron chi connectivity index (χ2n) is 4.15. The number of alkyl halides is 1. The van der Waals surface area contributed by atoms with Crippen molar-refractivity contribution in [1.82, 2.24) is 4.90 Å². The maximum atomic E-state index is 11.8. The molecule has 1 amide bonds. The molecular weight excluding hydrogens is 282 g/mol. The predicted molar refractivity (Wildman–Crippen MR) is 70.5 cm³/mol. The van der Waals surface area contributed by atoms with Crippen LogP contribution in [0.5, 0.6) is 5.75 Å². The highest BCUT2D eigenvalue weighted by molar-refractivity contribution is 9.09. The fourth-order valence-electron chi connectivity index (χ4n) is 2.31. The second kappa shape index (κ2) is 5.54. The van der Waals surface area contributed by atoms with Crippen molar-refractivity contribution in [3.8, 4) is 5.75 Å². The number of methoxy groups -OCH3 is 1. The lowest BCUT2D eigenvalue weighted by Crippen LogP contribution is -2.31. The molecule has 0 radical (unpaired) electrons. The van der Waals surface area contributed by atoms with E-state index >= 15 is 0 Å². The van der Waals surface area contributed by atoms with Crippen molar-refractivity contribution in [2.75, 3.05) is 19.0 Å². The molecule has 0 aliphatic carbocycles. The summed E-state index contributed by atoms with van der Waals surface area (Å²) in [5.74, 6) is 1.02. The number of rotatable bonds is 3. The number of nitrogens with zero attached hydrogens (tertiary/aromatic N) is 1. The first-order valence-electron chi connectivity index (χ1n) is 5.75. The third-order valence-corrected chi connectivity index (χ3v) is 3.67. The molecule has 1 aromatic carbocycles. The van der Waals surface area contributed by atoms with Gasteiger partial charge in [0.1, 0.15) is 5.75 Å². The van der Waals surface area contributed by atoms with Crippen LogP contribution in [0.4, 0.5) is 0 Å². The average Bonchev–Trinajstić information content (AvgIpc) is 2.87. The van der Waals surface area contributed by atoms with E-state index in [0.29, 0.717) is 5.33 Å². The lowest BCUT2D eigenvalue weighted by Gasteiger charge is -2.24. The summed E-state index contributed by atoms with van der Waals surface area (Å²) in [5.41, 5.74) is 1.19. The highest BCUT2D eigenvalue weighted by atomic mass is 79.9. The first kappa shape index (κ1) is 12.4. The number of halogens is 1. The van der Waals surface area contributed by atoms with E-state index in [1.54, 1.807) is 7.11 Å². The molecule has 0 aromatic heterocycles. The van der Waals surface area contributed by atoms with Gasteiger partial charge < -0.3 is 9.64 Å². The Balaban J connectivity index is 2.17. The minimum absolute atomic E-state index is 0.170. The molecule has 2 rings (SSSR count). The van der Waals surface area contributed by atoms with Gasteiger partial charge in [-0.25, -0.2) is 0 Å². The van der Waals surface area contributed by atoms with Gasteiger partial charge in [0.05, 0.1) is 18.5 Å². The van der Waals surface area contributed by atoms with Gasteiger partial charge in [-0.1, -0.05) is 28.1 Å². The fourth-order valence-corrected chi connectivity index (χ4v) is 2.64. The molecule has 1 aliphatic heterocycles. The van der Waals surface area contributed by atoms with E-state index in [9.17, 15) is 4.79 Å². The van der Waals surface area contributed by atoms with E-state index in [4.69, 9.17) is 4.74 Å². The van der Waals surface area contributed by atoms with E-state index in [1.807, 2.05) is 29.2 Å². The van der Waals surface area contributed by atoms with Crippen LogP contribution in [0.15, 0.2) is 24.3 Å². The summed E-state index contributed by atoms with van der Waals surface area (Å²) < 4.78 is 5.14. The number of hydrogen-bond donors (Lipinski definition) is 0. The standard InChI is InChI=1S/C13H16BrNO2/c1-17-11-6-4-10(5-7-11)12-3-2-8-15(12)13(16)9-14/h4-7,12H,2-3,8-9H2,1H3. The number of benzene rings is 1. The van der Waals surface area contributed by atoms with Gasteiger partial charge in [0, 0.05) is 6.54 Å². The Kier molecular flexibility index (Phi) is 4.05. The van der Waals surface area contributed by atoms with Crippen LogP contribution < -0.4 is 4.74 Å². The Morgan fingerprint density at radius 2 is 2.18 bits per heavy atom. The summed E-state index contributed by atoms with van der Waals surface area (Å²) in [7, 11) is 1.66.